The molecule has 0 aliphatic carbocycles. The van der Waals surface area contributed by atoms with E-state index in [9.17, 15) is 24.5 Å². The van der Waals surface area contributed by atoms with E-state index in [4.69, 9.17) is 0 Å². The smallest absolute Gasteiger partial charge is 0.269 e. The van der Waals surface area contributed by atoms with Gasteiger partial charge < -0.3 is 20.4 Å². The van der Waals surface area contributed by atoms with E-state index in [0.717, 1.165) is 34.7 Å². The van der Waals surface area contributed by atoms with Crippen LogP contribution < -0.4 is 10.6 Å². The van der Waals surface area contributed by atoms with Gasteiger partial charge in [-0.1, -0.05) is 75.4 Å². The number of amides is 3. The molecule has 0 aromatic heterocycles. The zero-order valence-electron chi connectivity index (χ0n) is 25.5. The van der Waals surface area contributed by atoms with E-state index in [0.29, 0.717) is 45.4 Å². The van der Waals surface area contributed by atoms with Crippen LogP contribution in [0.4, 0.5) is 5.69 Å². The summed E-state index contributed by atoms with van der Waals surface area (Å²) in [6.45, 7) is 7.73. The van der Waals surface area contributed by atoms with Crippen molar-refractivity contribution in [2.24, 2.45) is 5.41 Å². The number of nitrogens with zero attached hydrogens (tertiary/aromatic N) is 3. The first-order chi connectivity index (χ1) is 20.6. The molecule has 2 atom stereocenters. The molecule has 1 unspecified atom stereocenters. The number of rotatable bonds is 13. The number of fused-ring (bicyclic) bond motifs is 1. The van der Waals surface area contributed by atoms with Gasteiger partial charge in [0.1, 0.15) is 12.2 Å². The van der Waals surface area contributed by atoms with Crippen molar-refractivity contribution in [1.29, 1.82) is 0 Å². The quantitative estimate of drug-likeness (QED) is 0.122. The van der Waals surface area contributed by atoms with E-state index < -0.39 is 22.5 Å². The Labute approximate surface area is 264 Å². The number of carbonyl (C=O) groups excluding carboxylic acids is 3. The third kappa shape index (κ3) is 8.76. The molecule has 2 N–H and O–H groups in total. The number of non-ortho nitro benzene ring substituents is 1. The molecule has 1 aliphatic heterocycles. The fourth-order valence-corrected chi connectivity index (χ4v) is 5.51. The average Bonchev–Trinajstić information content (AvgIpc) is 3.47. The summed E-state index contributed by atoms with van der Waals surface area (Å²) >= 11 is 0. The van der Waals surface area contributed by atoms with Crippen LogP contribution in [0, 0.1) is 15.5 Å². The van der Waals surface area contributed by atoms with Crippen LogP contribution in [0.15, 0.2) is 66.7 Å². The molecule has 1 saturated heterocycles. The summed E-state index contributed by atoms with van der Waals surface area (Å²) < 4.78 is 0. The Morgan fingerprint density at radius 1 is 1.05 bits per heavy atom. The standard InChI is InChI=1S/C33H41N5O5.ClH/c1-33(2,3)32(41)36-19-6-10-30(36)37(23-39)29(21-25-11-14-26-8-4-5-9-27(26)20-25)31(40)35-18-7-17-34-22-24-12-15-28(16-13-24)38(42)43;/h4-5,8-9,11-16,20,23,29-30,34H,6-7,10,17-19,21-22H2,1-3H3,(H,35,40);1H/t29-,30?;/m1./s1. The number of benzene rings is 3. The summed E-state index contributed by atoms with van der Waals surface area (Å²) in [7, 11) is 0. The van der Waals surface area contributed by atoms with Crippen LogP contribution in [0.5, 0.6) is 0 Å². The van der Waals surface area contributed by atoms with Crippen molar-refractivity contribution in [2.75, 3.05) is 19.6 Å². The van der Waals surface area contributed by atoms with Crippen molar-refractivity contribution in [3.8, 4) is 0 Å². The summed E-state index contributed by atoms with van der Waals surface area (Å²) in [5.74, 6) is -0.295. The Balaban J connectivity index is 0.00000529. The van der Waals surface area contributed by atoms with Gasteiger partial charge in [0, 0.05) is 43.6 Å². The number of carbonyl (C=O) groups is 3. The summed E-state index contributed by atoms with van der Waals surface area (Å²) in [5.41, 5.74) is 1.31. The van der Waals surface area contributed by atoms with Gasteiger partial charge in [0.05, 0.1) is 4.92 Å². The van der Waals surface area contributed by atoms with Crippen molar-refractivity contribution < 1.29 is 19.3 Å². The highest BCUT2D eigenvalue weighted by Gasteiger charge is 2.41. The van der Waals surface area contributed by atoms with Crippen molar-refractivity contribution in [1.82, 2.24) is 20.4 Å². The van der Waals surface area contributed by atoms with Crippen molar-refractivity contribution in [3.63, 3.8) is 0 Å². The van der Waals surface area contributed by atoms with Gasteiger partial charge in [-0.2, -0.15) is 0 Å². The molecule has 3 aromatic carbocycles. The molecule has 4 rings (SSSR count). The Morgan fingerprint density at radius 2 is 1.73 bits per heavy atom. The minimum absolute atomic E-state index is 0. The van der Waals surface area contributed by atoms with E-state index in [1.165, 1.54) is 17.0 Å². The normalized spacial score (nSPS) is 15.3. The minimum atomic E-state index is -0.787. The summed E-state index contributed by atoms with van der Waals surface area (Å²) in [6, 6.07) is 19.7. The largest absolute Gasteiger partial charge is 0.354 e. The lowest BCUT2D eigenvalue weighted by Crippen LogP contribution is -2.57. The van der Waals surface area contributed by atoms with E-state index in [1.807, 2.05) is 63.2 Å². The number of nitro groups is 1. The predicted octanol–water partition coefficient (Wildman–Crippen LogP) is 4.83. The number of hydrogen-bond acceptors (Lipinski definition) is 6. The third-order valence-corrected chi connectivity index (χ3v) is 7.80. The van der Waals surface area contributed by atoms with Crippen LogP contribution in [-0.4, -0.2) is 64.8 Å². The second kappa shape index (κ2) is 15.6. The second-order valence-corrected chi connectivity index (χ2v) is 12.1. The molecule has 1 aliphatic rings. The van der Waals surface area contributed by atoms with Gasteiger partial charge in [0.2, 0.25) is 18.2 Å². The number of nitro benzene ring substituents is 1. The lowest BCUT2D eigenvalue weighted by atomic mass is 9.94. The third-order valence-electron chi connectivity index (χ3n) is 7.80. The van der Waals surface area contributed by atoms with Gasteiger partial charge in [-0.15, -0.1) is 12.4 Å². The van der Waals surface area contributed by atoms with E-state index in [2.05, 4.69) is 10.6 Å². The molecular formula is C33H42ClN5O5. The second-order valence-electron chi connectivity index (χ2n) is 12.1. The van der Waals surface area contributed by atoms with Crippen LogP contribution in [-0.2, 0) is 27.3 Å². The van der Waals surface area contributed by atoms with Crippen molar-refractivity contribution in [3.05, 3.63) is 88.0 Å². The molecule has 1 fully saturated rings. The number of nitrogens with one attached hydrogen (secondary N) is 2. The molecule has 11 heteroatoms. The highest BCUT2D eigenvalue weighted by molar-refractivity contribution is 5.86. The lowest BCUT2D eigenvalue weighted by molar-refractivity contribution is -0.384. The summed E-state index contributed by atoms with van der Waals surface area (Å²) in [4.78, 5) is 53.3. The first-order valence-corrected chi connectivity index (χ1v) is 14.8. The fraction of sp³-hybridized carbons (Fsp3) is 0.424. The zero-order chi connectivity index (χ0) is 31.0. The Kier molecular flexibility index (Phi) is 12.2. The van der Waals surface area contributed by atoms with Crippen molar-refractivity contribution in [2.45, 2.75) is 65.2 Å². The molecule has 0 bridgehead atoms. The highest BCUT2D eigenvalue weighted by atomic mass is 35.5. The summed E-state index contributed by atoms with van der Waals surface area (Å²) in [6.07, 6.45) is 2.60. The van der Waals surface area contributed by atoms with E-state index >= 15 is 0 Å². The molecule has 236 valence electrons. The first-order valence-electron chi connectivity index (χ1n) is 14.8. The topological polar surface area (TPSA) is 125 Å². The Hall–Kier alpha value is -4.02. The fourth-order valence-electron chi connectivity index (χ4n) is 5.51. The SMILES string of the molecule is CC(C)(C)C(=O)N1CCCC1N(C=O)[C@H](Cc1ccc2ccccc2c1)C(=O)NCCCNCc1ccc([N+](=O)[O-])cc1.Cl. The van der Waals surface area contributed by atoms with Gasteiger partial charge in [-0.25, -0.2) is 0 Å². The van der Waals surface area contributed by atoms with E-state index in [1.54, 1.807) is 17.0 Å². The molecule has 44 heavy (non-hydrogen) atoms. The molecular weight excluding hydrogens is 582 g/mol. The van der Waals surface area contributed by atoms with E-state index in [-0.39, 0.29) is 29.9 Å². The van der Waals surface area contributed by atoms with Crippen LogP contribution in [0.1, 0.15) is 51.2 Å². The van der Waals surface area contributed by atoms with Gasteiger partial charge in [0.15, 0.2) is 0 Å². The average molecular weight is 624 g/mol. The molecule has 3 amide bonds. The molecule has 10 nitrogen and oxygen atoms in total. The highest BCUT2D eigenvalue weighted by Crippen LogP contribution is 2.29. The molecule has 3 aromatic rings. The molecule has 0 radical (unpaired) electrons. The summed E-state index contributed by atoms with van der Waals surface area (Å²) in [5, 5.41) is 19.3. The van der Waals surface area contributed by atoms with Crippen molar-refractivity contribution >= 4 is 47.1 Å². The van der Waals surface area contributed by atoms with Crippen LogP contribution in [0.2, 0.25) is 0 Å². The van der Waals surface area contributed by atoms with Gasteiger partial charge >= 0.3 is 0 Å². The monoisotopic (exact) mass is 623 g/mol. The maximum Gasteiger partial charge on any atom is 0.269 e. The van der Waals surface area contributed by atoms with Crippen LogP contribution >= 0.6 is 12.4 Å². The first kappa shape index (κ1) is 34.5. The maximum absolute atomic E-state index is 13.7. The number of hydrogen-bond donors (Lipinski definition) is 2. The zero-order valence-corrected chi connectivity index (χ0v) is 26.3. The van der Waals surface area contributed by atoms with Gasteiger partial charge in [-0.05, 0) is 47.7 Å². The molecule has 0 saturated carbocycles. The van der Waals surface area contributed by atoms with Crippen LogP contribution in [0.3, 0.4) is 0 Å². The Bertz CT molecular complexity index is 1440. The lowest BCUT2D eigenvalue weighted by Gasteiger charge is -2.39. The Morgan fingerprint density at radius 3 is 2.39 bits per heavy atom. The predicted molar refractivity (Wildman–Crippen MR) is 173 cm³/mol. The maximum atomic E-state index is 13.7. The number of halogens is 1. The van der Waals surface area contributed by atoms with Gasteiger partial charge in [-0.3, -0.25) is 24.5 Å². The molecule has 0 spiro atoms. The number of likely N-dealkylation sites (tertiary alicyclic amines) is 1. The minimum Gasteiger partial charge on any atom is -0.354 e. The molecule has 1 heterocycles. The van der Waals surface area contributed by atoms with Gasteiger partial charge in [0.25, 0.3) is 5.69 Å². The van der Waals surface area contributed by atoms with Crippen LogP contribution in [0.25, 0.3) is 10.8 Å².